The van der Waals surface area contributed by atoms with Crippen molar-refractivity contribution in [2.75, 3.05) is 27.2 Å². The summed E-state index contributed by atoms with van der Waals surface area (Å²) in [6, 6.07) is 0. The Labute approximate surface area is 83.3 Å². The van der Waals surface area contributed by atoms with Crippen molar-refractivity contribution in [3.63, 3.8) is 0 Å². The van der Waals surface area contributed by atoms with Gasteiger partial charge in [0, 0.05) is 25.6 Å². The summed E-state index contributed by atoms with van der Waals surface area (Å²) in [4.78, 5) is 2.37. The van der Waals surface area contributed by atoms with Gasteiger partial charge in [-0.05, 0) is 13.5 Å². The second-order valence-corrected chi connectivity index (χ2v) is 4.24. The number of ether oxygens (including phenoxy) is 1. The minimum atomic E-state index is 0.321. The molecule has 80 valence electrons. The summed E-state index contributed by atoms with van der Waals surface area (Å²) < 4.78 is 5.43. The summed E-state index contributed by atoms with van der Waals surface area (Å²) in [5.74, 6) is 0. The SMILES string of the molecule is CC.COC1CCN(C)CC1(C)C. The molecule has 1 heterocycles. The number of piperidine rings is 1. The van der Waals surface area contributed by atoms with Crippen molar-refractivity contribution in [1.82, 2.24) is 4.90 Å². The molecule has 1 aliphatic heterocycles. The maximum absolute atomic E-state index is 5.43. The number of nitrogens with zero attached hydrogens (tertiary/aromatic N) is 1. The van der Waals surface area contributed by atoms with E-state index in [1.54, 1.807) is 0 Å². The van der Waals surface area contributed by atoms with Crippen molar-refractivity contribution in [1.29, 1.82) is 0 Å². The highest BCUT2D eigenvalue weighted by Crippen LogP contribution is 2.30. The molecule has 0 radical (unpaired) electrons. The zero-order valence-corrected chi connectivity index (χ0v) is 10.1. The van der Waals surface area contributed by atoms with Crippen LogP contribution < -0.4 is 0 Å². The molecule has 0 aromatic heterocycles. The van der Waals surface area contributed by atoms with Gasteiger partial charge in [-0.2, -0.15) is 0 Å². The standard InChI is InChI=1S/C9H19NO.C2H6/c1-9(2)7-10(3)6-5-8(9)11-4;1-2/h8H,5-7H2,1-4H3;1-2H3. The van der Waals surface area contributed by atoms with Crippen LogP contribution in [-0.2, 0) is 4.74 Å². The topological polar surface area (TPSA) is 12.5 Å². The van der Waals surface area contributed by atoms with Gasteiger partial charge in [0.15, 0.2) is 0 Å². The molecule has 1 aliphatic rings. The van der Waals surface area contributed by atoms with E-state index < -0.39 is 0 Å². The molecule has 0 bridgehead atoms. The Morgan fingerprint density at radius 1 is 1.31 bits per heavy atom. The van der Waals surface area contributed by atoms with Gasteiger partial charge in [-0.1, -0.05) is 27.7 Å². The predicted molar refractivity (Wildman–Crippen MR) is 58.0 cm³/mol. The van der Waals surface area contributed by atoms with E-state index in [2.05, 4.69) is 25.8 Å². The third kappa shape index (κ3) is 3.65. The van der Waals surface area contributed by atoms with E-state index in [-0.39, 0.29) is 0 Å². The average Bonchev–Trinajstić information content (AvgIpc) is 2.06. The van der Waals surface area contributed by atoms with Crippen LogP contribution in [0.15, 0.2) is 0 Å². The smallest absolute Gasteiger partial charge is 0.0646 e. The maximum atomic E-state index is 5.43. The third-order valence-electron chi connectivity index (χ3n) is 2.61. The van der Waals surface area contributed by atoms with Crippen LogP contribution in [0.5, 0.6) is 0 Å². The van der Waals surface area contributed by atoms with Crippen LogP contribution in [0.4, 0.5) is 0 Å². The number of rotatable bonds is 1. The van der Waals surface area contributed by atoms with Crippen molar-refractivity contribution < 1.29 is 4.74 Å². The first-order valence-electron chi connectivity index (χ1n) is 5.27. The van der Waals surface area contributed by atoms with Crippen molar-refractivity contribution in [3.8, 4) is 0 Å². The molecule has 1 atom stereocenters. The summed E-state index contributed by atoms with van der Waals surface area (Å²) in [7, 11) is 3.99. The molecule has 13 heavy (non-hydrogen) atoms. The Morgan fingerprint density at radius 3 is 2.23 bits per heavy atom. The molecule has 0 saturated carbocycles. The second-order valence-electron chi connectivity index (χ2n) is 4.24. The summed E-state index contributed by atoms with van der Waals surface area (Å²) in [5.41, 5.74) is 0.321. The van der Waals surface area contributed by atoms with Gasteiger partial charge in [0.2, 0.25) is 0 Å². The lowest BCUT2D eigenvalue weighted by atomic mass is 9.81. The first kappa shape index (κ1) is 12.9. The largest absolute Gasteiger partial charge is 0.381 e. The fraction of sp³-hybridized carbons (Fsp3) is 1.00. The monoisotopic (exact) mass is 187 g/mol. The lowest BCUT2D eigenvalue weighted by Gasteiger charge is -2.41. The van der Waals surface area contributed by atoms with Crippen LogP contribution in [0.3, 0.4) is 0 Å². The van der Waals surface area contributed by atoms with E-state index >= 15 is 0 Å². The van der Waals surface area contributed by atoms with Gasteiger partial charge in [0.1, 0.15) is 0 Å². The van der Waals surface area contributed by atoms with Crippen LogP contribution in [-0.4, -0.2) is 38.3 Å². The molecule has 1 saturated heterocycles. The highest BCUT2D eigenvalue weighted by Gasteiger charge is 2.34. The Kier molecular flexibility index (Phi) is 5.57. The Morgan fingerprint density at radius 2 is 1.85 bits per heavy atom. The van der Waals surface area contributed by atoms with E-state index in [1.807, 2.05) is 21.0 Å². The first-order valence-corrected chi connectivity index (χ1v) is 5.27. The Balaban J connectivity index is 0.000000671. The van der Waals surface area contributed by atoms with E-state index in [0.29, 0.717) is 11.5 Å². The summed E-state index contributed by atoms with van der Waals surface area (Å²) in [6.45, 7) is 10.9. The number of hydrogen-bond acceptors (Lipinski definition) is 2. The molecule has 0 aromatic carbocycles. The lowest BCUT2D eigenvalue weighted by Crippen LogP contribution is -2.47. The van der Waals surface area contributed by atoms with Crippen LogP contribution in [0.2, 0.25) is 0 Å². The Hall–Kier alpha value is -0.0800. The number of hydrogen-bond donors (Lipinski definition) is 0. The molecule has 1 rings (SSSR count). The van der Waals surface area contributed by atoms with Gasteiger partial charge < -0.3 is 9.64 Å². The van der Waals surface area contributed by atoms with Gasteiger partial charge in [-0.3, -0.25) is 0 Å². The van der Waals surface area contributed by atoms with Crippen molar-refractivity contribution in [2.24, 2.45) is 5.41 Å². The first-order chi connectivity index (χ1) is 6.06. The predicted octanol–water partition coefficient (Wildman–Crippen LogP) is 2.39. The number of likely N-dealkylation sites (tertiary alicyclic amines) is 1. The zero-order valence-electron chi connectivity index (χ0n) is 10.1. The van der Waals surface area contributed by atoms with Crippen LogP contribution >= 0.6 is 0 Å². The number of methoxy groups -OCH3 is 1. The normalized spacial score (nSPS) is 27.7. The molecule has 0 aromatic rings. The summed E-state index contributed by atoms with van der Waals surface area (Å²) >= 11 is 0. The minimum Gasteiger partial charge on any atom is -0.381 e. The third-order valence-corrected chi connectivity index (χ3v) is 2.61. The molecular weight excluding hydrogens is 162 g/mol. The molecular formula is C11H25NO. The molecule has 0 N–H and O–H groups in total. The van der Waals surface area contributed by atoms with Crippen molar-refractivity contribution >= 4 is 0 Å². The molecule has 2 heteroatoms. The maximum Gasteiger partial charge on any atom is 0.0646 e. The molecule has 1 fully saturated rings. The molecule has 0 amide bonds. The average molecular weight is 187 g/mol. The second kappa shape index (κ2) is 5.61. The van der Waals surface area contributed by atoms with E-state index in [9.17, 15) is 0 Å². The molecule has 0 spiro atoms. The fourth-order valence-electron chi connectivity index (χ4n) is 2.04. The molecule has 0 aliphatic carbocycles. The van der Waals surface area contributed by atoms with E-state index in [4.69, 9.17) is 4.74 Å². The fourth-order valence-corrected chi connectivity index (χ4v) is 2.04. The lowest BCUT2D eigenvalue weighted by molar-refractivity contribution is -0.0449. The Bertz CT molecular complexity index is 134. The highest BCUT2D eigenvalue weighted by molar-refractivity contribution is 4.86. The summed E-state index contributed by atoms with van der Waals surface area (Å²) in [6.07, 6.45) is 1.61. The van der Waals surface area contributed by atoms with Crippen LogP contribution in [0.25, 0.3) is 0 Å². The van der Waals surface area contributed by atoms with Gasteiger partial charge in [0.25, 0.3) is 0 Å². The van der Waals surface area contributed by atoms with Gasteiger partial charge in [-0.15, -0.1) is 0 Å². The van der Waals surface area contributed by atoms with E-state index in [1.165, 1.54) is 13.0 Å². The minimum absolute atomic E-state index is 0.321. The van der Waals surface area contributed by atoms with Crippen molar-refractivity contribution in [3.05, 3.63) is 0 Å². The van der Waals surface area contributed by atoms with E-state index in [0.717, 1.165) is 6.54 Å². The highest BCUT2D eigenvalue weighted by atomic mass is 16.5. The van der Waals surface area contributed by atoms with Crippen molar-refractivity contribution in [2.45, 2.75) is 40.2 Å². The van der Waals surface area contributed by atoms with Crippen LogP contribution in [0.1, 0.15) is 34.1 Å². The van der Waals surface area contributed by atoms with Crippen LogP contribution in [0, 0.1) is 5.41 Å². The summed E-state index contributed by atoms with van der Waals surface area (Å²) in [5, 5.41) is 0. The van der Waals surface area contributed by atoms with Gasteiger partial charge >= 0.3 is 0 Å². The van der Waals surface area contributed by atoms with Gasteiger partial charge in [0.05, 0.1) is 6.10 Å². The quantitative estimate of drug-likeness (QED) is 0.625. The molecule has 1 unspecified atom stereocenters. The molecule has 2 nitrogen and oxygen atoms in total. The van der Waals surface area contributed by atoms with Gasteiger partial charge in [-0.25, -0.2) is 0 Å². The zero-order chi connectivity index (χ0) is 10.5.